The first kappa shape index (κ1) is 16.7. The Morgan fingerprint density at radius 3 is 2.44 bits per heavy atom. The lowest BCUT2D eigenvalue weighted by molar-refractivity contribution is -0.143. The molecule has 0 radical (unpaired) electrons. The van der Waals surface area contributed by atoms with E-state index in [9.17, 15) is 15.0 Å². The maximum absolute atomic E-state index is 13.5. The van der Waals surface area contributed by atoms with Crippen molar-refractivity contribution in [2.45, 2.75) is 65.4 Å². The van der Waals surface area contributed by atoms with E-state index in [2.05, 4.69) is 20.8 Å². The molecule has 0 spiro atoms. The molecule has 0 aromatic heterocycles. The zero-order chi connectivity index (χ0) is 18.2. The van der Waals surface area contributed by atoms with Crippen molar-refractivity contribution in [3.63, 3.8) is 0 Å². The Balaban J connectivity index is 1.86. The second-order valence-corrected chi connectivity index (χ2v) is 9.49. The van der Waals surface area contributed by atoms with Crippen molar-refractivity contribution < 1.29 is 19.7 Å². The van der Waals surface area contributed by atoms with Gasteiger partial charge in [0.05, 0.1) is 11.5 Å². The van der Waals surface area contributed by atoms with Crippen LogP contribution in [0.25, 0.3) is 0 Å². The largest absolute Gasteiger partial charge is 0.504 e. The predicted octanol–water partition coefficient (Wildman–Crippen LogP) is 4.67. The average Bonchev–Trinajstić information content (AvgIpc) is 2.48. The highest BCUT2D eigenvalue weighted by molar-refractivity contribution is 6.03. The molecular formula is C21H28O4. The molecule has 4 heteroatoms. The quantitative estimate of drug-likeness (QED) is 0.671. The van der Waals surface area contributed by atoms with E-state index in [4.69, 9.17) is 4.74 Å². The lowest BCUT2D eigenvalue weighted by atomic mass is 9.44. The van der Waals surface area contributed by atoms with Gasteiger partial charge in [-0.3, -0.25) is 4.79 Å². The Kier molecular flexibility index (Phi) is 3.30. The lowest BCUT2D eigenvalue weighted by Crippen LogP contribution is -2.63. The van der Waals surface area contributed by atoms with Crippen LogP contribution in [-0.2, 0) is 0 Å². The van der Waals surface area contributed by atoms with Gasteiger partial charge in [-0.05, 0) is 55.4 Å². The minimum absolute atomic E-state index is 0.0592. The van der Waals surface area contributed by atoms with Gasteiger partial charge in [0.1, 0.15) is 11.4 Å². The number of phenolic OH excluding ortho intramolecular Hbond substituents is 2. The van der Waals surface area contributed by atoms with Crippen LogP contribution >= 0.6 is 0 Å². The molecule has 1 aliphatic heterocycles. The van der Waals surface area contributed by atoms with Crippen LogP contribution in [0.15, 0.2) is 12.1 Å². The molecule has 25 heavy (non-hydrogen) atoms. The van der Waals surface area contributed by atoms with E-state index in [1.165, 1.54) is 18.6 Å². The van der Waals surface area contributed by atoms with Crippen LogP contribution in [0.1, 0.15) is 70.2 Å². The molecule has 2 N–H and O–H groups in total. The summed E-state index contributed by atoms with van der Waals surface area (Å²) in [6.45, 7) is 8.99. The number of hydrogen-bond donors (Lipinski definition) is 2. The minimum atomic E-state index is -0.549. The predicted molar refractivity (Wildman–Crippen MR) is 95.1 cm³/mol. The Hall–Kier alpha value is -1.71. The van der Waals surface area contributed by atoms with Gasteiger partial charge in [0.25, 0.3) is 0 Å². The standard InChI is InChI=1S/C21H28O4/c1-19(2)7-5-8-20(3)16(19)6-9-21(4)18(20)17(24)12-10-13(22)14(23)11-15(12)25-21/h10-11,16,18,22-23H,5-9H2,1-4H3. The van der Waals surface area contributed by atoms with E-state index in [0.717, 1.165) is 25.7 Å². The summed E-state index contributed by atoms with van der Waals surface area (Å²) in [6, 6.07) is 2.75. The summed E-state index contributed by atoms with van der Waals surface area (Å²) in [5.41, 5.74) is -0.0159. The van der Waals surface area contributed by atoms with Gasteiger partial charge < -0.3 is 14.9 Å². The molecule has 4 atom stereocenters. The smallest absolute Gasteiger partial charge is 0.174 e. The van der Waals surface area contributed by atoms with Gasteiger partial charge in [0, 0.05) is 6.07 Å². The fraction of sp³-hybridized carbons (Fsp3) is 0.667. The van der Waals surface area contributed by atoms with Crippen LogP contribution in [0.3, 0.4) is 0 Å². The summed E-state index contributed by atoms with van der Waals surface area (Å²) in [4.78, 5) is 13.5. The van der Waals surface area contributed by atoms with E-state index in [-0.39, 0.29) is 34.0 Å². The van der Waals surface area contributed by atoms with Crippen LogP contribution in [0, 0.1) is 22.7 Å². The molecule has 136 valence electrons. The number of benzene rings is 1. The highest BCUT2D eigenvalue weighted by Gasteiger charge is 2.63. The van der Waals surface area contributed by atoms with E-state index in [0.29, 0.717) is 17.2 Å². The van der Waals surface area contributed by atoms with Crippen molar-refractivity contribution in [1.82, 2.24) is 0 Å². The van der Waals surface area contributed by atoms with Crippen molar-refractivity contribution in [1.29, 1.82) is 0 Å². The molecule has 3 aliphatic rings. The monoisotopic (exact) mass is 344 g/mol. The highest BCUT2D eigenvalue weighted by atomic mass is 16.5. The van der Waals surface area contributed by atoms with Crippen molar-refractivity contribution >= 4 is 5.78 Å². The van der Waals surface area contributed by atoms with Crippen LogP contribution in [-0.4, -0.2) is 21.6 Å². The Morgan fingerprint density at radius 1 is 1.04 bits per heavy atom. The Bertz CT molecular complexity index is 753. The summed E-state index contributed by atoms with van der Waals surface area (Å²) in [5.74, 6) is 0.231. The summed E-state index contributed by atoms with van der Waals surface area (Å²) in [5, 5.41) is 19.7. The maximum Gasteiger partial charge on any atom is 0.174 e. The first-order valence-corrected chi connectivity index (χ1v) is 9.38. The van der Waals surface area contributed by atoms with E-state index in [1.807, 2.05) is 6.92 Å². The van der Waals surface area contributed by atoms with Crippen LogP contribution in [0.2, 0.25) is 0 Å². The molecule has 1 aromatic rings. The molecule has 2 aliphatic carbocycles. The molecule has 2 fully saturated rings. The number of carbonyl (C=O) groups excluding carboxylic acids is 1. The van der Waals surface area contributed by atoms with Crippen LogP contribution in [0.4, 0.5) is 0 Å². The Morgan fingerprint density at radius 2 is 1.72 bits per heavy atom. The number of rotatable bonds is 0. The topological polar surface area (TPSA) is 66.8 Å². The molecular weight excluding hydrogens is 316 g/mol. The number of Topliss-reactive ketones (excluding diaryl/α,β-unsaturated/α-hetero) is 1. The second-order valence-electron chi connectivity index (χ2n) is 9.49. The minimum Gasteiger partial charge on any atom is -0.504 e. The first-order chi connectivity index (χ1) is 11.6. The third-order valence-electron chi connectivity index (χ3n) is 7.42. The molecule has 4 unspecified atom stereocenters. The van der Waals surface area contributed by atoms with E-state index >= 15 is 0 Å². The maximum atomic E-state index is 13.5. The normalized spacial score (nSPS) is 39.0. The van der Waals surface area contributed by atoms with Gasteiger partial charge in [0.15, 0.2) is 17.3 Å². The van der Waals surface area contributed by atoms with E-state index < -0.39 is 5.60 Å². The van der Waals surface area contributed by atoms with Gasteiger partial charge in [-0.15, -0.1) is 0 Å². The van der Waals surface area contributed by atoms with E-state index in [1.54, 1.807) is 0 Å². The lowest BCUT2D eigenvalue weighted by Gasteiger charge is -2.62. The number of phenols is 2. The number of ether oxygens (including phenoxy) is 1. The molecule has 1 aromatic carbocycles. The number of aromatic hydroxyl groups is 2. The zero-order valence-electron chi connectivity index (χ0n) is 15.6. The number of carbonyl (C=O) groups is 1. The van der Waals surface area contributed by atoms with Gasteiger partial charge in [0.2, 0.25) is 0 Å². The third-order valence-corrected chi connectivity index (χ3v) is 7.42. The fourth-order valence-electron chi connectivity index (χ4n) is 6.43. The third kappa shape index (κ3) is 2.15. The van der Waals surface area contributed by atoms with Gasteiger partial charge >= 0.3 is 0 Å². The molecule has 4 rings (SSSR count). The zero-order valence-corrected chi connectivity index (χ0v) is 15.6. The molecule has 4 nitrogen and oxygen atoms in total. The van der Waals surface area contributed by atoms with Crippen molar-refractivity contribution in [3.05, 3.63) is 17.7 Å². The first-order valence-electron chi connectivity index (χ1n) is 9.38. The van der Waals surface area contributed by atoms with Crippen LogP contribution in [0.5, 0.6) is 17.2 Å². The van der Waals surface area contributed by atoms with Crippen LogP contribution < -0.4 is 4.74 Å². The number of fused-ring (bicyclic) bond motifs is 4. The summed E-state index contributed by atoms with van der Waals surface area (Å²) >= 11 is 0. The highest BCUT2D eigenvalue weighted by Crippen LogP contribution is 2.64. The Labute approximate surface area is 149 Å². The van der Waals surface area contributed by atoms with Gasteiger partial charge in [-0.25, -0.2) is 0 Å². The van der Waals surface area contributed by atoms with Gasteiger partial charge in [-0.1, -0.05) is 27.2 Å². The van der Waals surface area contributed by atoms with Crippen molar-refractivity contribution in [2.75, 3.05) is 0 Å². The molecule has 1 heterocycles. The second kappa shape index (κ2) is 4.93. The summed E-state index contributed by atoms with van der Waals surface area (Å²) in [7, 11) is 0. The SMILES string of the molecule is CC1(C)CCCC2(C)C1CCC1(C)Oc3cc(O)c(O)cc3C(=O)C12. The number of hydrogen-bond acceptors (Lipinski definition) is 4. The average molecular weight is 344 g/mol. The fourth-order valence-corrected chi connectivity index (χ4v) is 6.43. The summed E-state index contributed by atoms with van der Waals surface area (Å²) in [6.07, 6.45) is 5.28. The molecule has 0 saturated heterocycles. The van der Waals surface area contributed by atoms with Crippen molar-refractivity contribution in [3.8, 4) is 17.2 Å². The number of ketones is 1. The van der Waals surface area contributed by atoms with Gasteiger partial charge in [-0.2, -0.15) is 0 Å². The molecule has 0 bridgehead atoms. The molecule has 0 amide bonds. The van der Waals surface area contributed by atoms with Crippen molar-refractivity contribution in [2.24, 2.45) is 22.7 Å². The summed E-state index contributed by atoms with van der Waals surface area (Å²) < 4.78 is 6.32. The molecule has 2 saturated carbocycles.